The minimum absolute atomic E-state index is 0.620. The predicted molar refractivity (Wildman–Crippen MR) is 209 cm³/mol. The quantitative estimate of drug-likeness (QED) is 0.174. The molecule has 3 heterocycles. The molecular formula is C46H29N5. The topological polar surface area (TPSA) is 56.5 Å². The first-order valence-electron chi connectivity index (χ1n) is 17.1. The summed E-state index contributed by atoms with van der Waals surface area (Å²) in [5.74, 6) is 1.89. The van der Waals surface area contributed by atoms with Crippen molar-refractivity contribution < 1.29 is 0 Å². The molecule has 0 aliphatic heterocycles. The number of para-hydroxylation sites is 3. The van der Waals surface area contributed by atoms with Gasteiger partial charge in [-0.3, -0.25) is 0 Å². The molecule has 0 aliphatic rings. The molecule has 238 valence electrons. The molecule has 0 saturated heterocycles. The van der Waals surface area contributed by atoms with Gasteiger partial charge in [0.1, 0.15) is 0 Å². The molecule has 5 heteroatoms. The van der Waals surface area contributed by atoms with Gasteiger partial charge in [0, 0.05) is 54.9 Å². The van der Waals surface area contributed by atoms with E-state index in [1.165, 1.54) is 10.8 Å². The molecule has 51 heavy (non-hydrogen) atoms. The van der Waals surface area contributed by atoms with Crippen molar-refractivity contribution in [2.24, 2.45) is 0 Å². The lowest BCUT2D eigenvalue weighted by Crippen LogP contribution is -2.02. The van der Waals surface area contributed by atoms with Gasteiger partial charge in [-0.05, 0) is 30.3 Å². The van der Waals surface area contributed by atoms with E-state index in [1.807, 2.05) is 66.7 Å². The van der Waals surface area contributed by atoms with Gasteiger partial charge in [-0.1, -0.05) is 146 Å². The summed E-state index contributed by atoms with van der Waals surface area (Å²) in [7, 11) is 0. The molecule has 3 aromatic heterocycles. The third-order valence-corrected chi connectivity index (χ3v) is 9.62. The van der Waals surface area contributed by atoms with Gasteiger partial charge in [0.15, 0.2) is 17.5 Å². The van der Waals surface area contributed by atoms with E-state index in [0.29, 0.717) is 17.5 Å². The Morgan fingerprint density at radius 1 is 0.353 bits per heavy atom. The van der Waals surface area contributed by atoms with Gasteiger partial charge in [0.2, 0.25) is 0 Å². The maximum absolute atomic E-state index is 5.23. The largest absolute Gasteiger partial charge is 0.308 e. The number of hydrogen-bond acceptors (Lipinski definition) is 4. The van der Waals surface area contributed by atoms with E-state index in [1.54, 1.807) is 0 Å². The molecular weight excluding hydrogens is 623 g/mol. The molecule has 10 rings (SSSR count). The molecule has 0 amide bonds. The summed E-state index contributed by atoms with van der Waals surface area (Å²) < 4.78 is 2.37. The zero-order valence-electron chi connectivity index (χ0n) is 27.5. The zero-order chi connectivity index (χ0) is 33.7. The smallest absolute Gasteiger partial charge is 0.166 e. The monoisotopic (exact) mass is 651 g/mol. The normalized spacial score (nSPS) is 11.5. The summed E-state index contributed by atoms with van der Waals surface area (Å²) in [6.07, 6.45) is 0. The molecule has 0 atom stereocenters. The van der Waals surface area contributed by atoms with Crippen LogP contribution in [0.25, 0.3) is 94.6 Å². The van der Waals surface area contributed by atoms with Crippen LogP contribution in [0.3, 0.4) is 0 Å². The van der Waals surface area contributed by atoms with Gasteiger partial charge in [-0.15, -0.1) is 0 Å². The Morgan fingerprint density at radius 2 is 0.902 bits per heavy atom. The van der Waals surface area contributed by atoms with Crippen LogP contribution in [0, 0.1) is 0 Å². The number of nitrogens with zero attached hydrogens (tertiary/aromatic N) is 5. The lowest BCUT2D eigenvalue weighted by molar-refractivity contribution is 1.07. The van der Waals surface area contributed by atoms with E-state index in [2.05, 4.69) is 114 Å². The fourth-order valence-electron chi connectivity index (χ4n) is 7.37. The van der Waals surface area contributed by atoms with Gasteiger partial charge in [0.05, 0.1) is 22.2 Å². The zero-order valence-corrected chi connectivity index (χ0v) is 27.5. The summed E-state index contributed by atoms with van der Waals surface area (Å²) in [5, 5.41) is 5.70. The SMILES string of the molecule is c1ccc(-c2nc(-c3ccccc3)nc(-c3cccc4c5c6c(ccc5n(-c5ccccc5)c34)c(-c3ccccc3)nc3ccccc36)n2)cc1. The summed E-state index contributed by atoms with van der Waals surface area (Å²) in [6.45, 7) is 0. The Labute approximate surface area is 294 Å². The Kier molecular flexibility index (Phi) is 6.74. The molecule has 10 aromatic rings. The fraction of sp³-hybridized carbons (Fsp3) is 0. The van der Waals surface area contributed by atoms with Crippen LogP contribution in [0.15, 0.2) is 176 Å². The molecule has 0 radical (unpaired) electrons. The van der Waals surface area contributed by atoms with Crippen LogP contribution >= 0.6 is 0 Å². The van der Waals surface area contributed by atoms with E-state index in [-0.39, 0.29) is 0 Å². The number of rotatable bonds is 5. The van der Waals surface area contributed by atoms with Crippen molar-refractivity contribution >= 4 is 43.5 Å². The van der Waals surface area contributed by atoms with Gasteiger partial charge in [-0.25, -0.2) is 19.9 Å². The van der Waals surface area contributed by atoms with E-state index >= 15 is 0 Å². The number of aromatic nitrogens is 5. The van der Waals surface area contributed by atoms with Crippen LogP contribution in [0.5, 0.6) is 0 Å². The van der Waals surface area contributed by atoms with Crippen molar-refractivity contribution in [2.45, 2.75) is 0 Å². The molecule has 0 N–H and O–H groups in total. The highest BCUT2D eigenvalue weighted by atomic mass is 15.0. The maximum Gasteiger partial charge on any atom is 0.166 e. The van der Waals surface area contributed by atoms with Crippen LogP contribution in [0.2, 0.25) is 0 Å². The third-order valence-electron chi connectivity index (χ3n) is 9.62. The van der Waals surface area contributed by atoms with E-state index < -0.39 is 0 Å². The highest BCUT2D eigenvalue weighted by Crippen LogP contribution is 2.44. The van der Waals surface area contributed by atoms with Crippen LogP contribution < -0.4 is 0 Å². The molecule has 0 aliphatic carbocycles. The second-order valence-corrected chi connectivity index (χ2v) is 12.6. The lowest BCUT2D eigenvalue weighted by Gasteiger charge is -2.13. The molecule has 0 saturated carbocycles. The standard InChI is InChI=1S/C46H29N5/c1-5-16-30(17-6-1)42-35-28-29-39-41(40(35)34-24-13-14-27-38(34)47-42)36-25-15-26-37(43(36)51(39)33-22-11-4-12-23-33)46-49-44(31-18-7-2-8-19-31)48-45(50-46)32-20-9-3-10-21-32/h1-29H. The molecule has 0 spiro atoms. The second kappa shape index (κ2) is 11.9. The van der Waals surface area contributed by atoms with Gasteiger partial charge >= 0.3 is 0 Å². The van der Waals surface area contributed by atoms with Crippen molar-refractivity contribution in [1.82, 2.24) is 24.5 Å². The number of pyridine rings is 1. The molecule has 0 fully saturated rings. The number of fused-ring (bicyclic) bond motifs is 7. The van der Waals surface area contributed by atoms with Gasteiger partial charge in [0.25, 0.3) is 0 Å². The second-order valence-electron chi connectivity index (χ2n) is 12.6. The summed E-state index contributed by atoms with van der Waals surface area (Å²) in [6, 6.07) is 60.8. The van der Waals surface area contributed by atoms with Gasteiger partial charge in [-0.2, -0.15) is 0 Å². The molecule has 7 aromatic carbocycles. The Morgan fingerprint density at radius 3 is 1.57 bits per heavy atom. The molecule has 5 nitrogen and oxygen atoms in total. The minimum Gasteiger partial charge on any atom is -0.308 e. The average molecular weight is 652 g/mol. The van der Waals surface area contributed by atoms with Crippen molar-refractivity contribution in [3.05, 3.63) is 176 Å². The molecule has 0 bridgehead atoms. The first-order chi connectivity index (χ1) is 25.3. The van der Waals surface area contributed by atoms with Crippen LogP contribution in [0.1, 0.15) is 0 Å². The minimum atomic E-state index is 0.620. The van der Waals surface area contributed by atoms with Crippen molar-refractivity contribution in [3.63, 3.8) is 0 Å². The summed E-state index contributed by atoms with van der Waals surface area (Å²) in [4.78, 5) is 20.6. The summed E-state index contributed by atoms with van der Waals surface area (Å²) >= 11 is 0. The highest BCUT2D eigenvalue weighted by molar-refractivity contribution is 6.30. The van der Waals surface area contributed by atoms with E-state index in [9.17, 15) is 0 Å². The van der Waals surface area contributed by atoms with Crippen LogP contribution in [-0.4, -0.2) is 24.5 Å². The molecule has 0 unspecified atom stereocenters. The Hall–Kier alpha value is -6.98. The maximum atomic E-state index is 5.23. The van der Waals surface area contributed by atoms with E-state index in [0.717, 1.165) is 66.3 Å². The third kappa shape index (κ3) is 4.78. The van der Waals surface area contributed by atoms with Crippen molar-refractivity contribution in [2.75, 3.05) is 0 Å². The summed E-state index contributed by atoms with van der Waals surface area (Å²) in [5.41, 5.74) is 9.04. The van der Waals surface area contributed by atoms with Crippen LogP contribution in [-0.2, 0) is 0 Å². The highest BCUT2D eigenvalue weighted by Gasteiger charge is 2.23. The average Bonchev–Trinajstić information content (AvgIpc) is 3.56. The first-order valence-corrected chi connectivity index (χ1v) is 17.1. The lowest BCUT2D eigenvalue weighted by atomic mass is 9.96. The van der Waals surface area contributed by atoms with Crippen LogP contribution in [0.4, 0.5) is 0 Å². The number of hydrogen-bond donors (Lipinski definition) is 0. The predicted octanol–water partition coefficient (Wildman–Crippen LogP) is 11.3. The fourth-order valence-corrected chi connectivity index (χ4v) is 7.37. The Bertz CT molecular complexity index is 2830. The van der Waals surface area contributed by atoms with Gasteiger partial charge < -0.3 is 4.57 Å². The van der Waals surface area contributed by atoms with Crippen molar-refractivity contribution in [3.8, 4) is 51.1 Å². The van der Waals surface area contributed by atoms with E-state index in [4.69, 9.17) is 19.9 Å². The Balaban J connectivity index is 1.36. The number of benzene rings is 7. The van der Waals surface area contributed by atoms with Crippen molar-refractivity contribution in [1.29, 1.82) is 0 Å². The first kappa shape index (κ1) is 29.0.